The third-order valence-electron chi connectivity index (χ3n) is 2.84. The van der Waals surface area contributed by atoms with Crippen molar-refractivity contribution in [2.75, 3.05) is 5.73 Å². The SMILES string of the molecule is C#CCn1c(CC)nc(-c2ccc(Br)cc2F)c1N. The van der Waals surface area contributed by atoms with Gasteiger partial charge in [-0.15, -0.1) is 6.42 Å². The van der Waals surface area contributed by atoms with Gasteiger partial charge in [-0.3, -0.25) is 0 Å². The number of terminal acetylenes is 1. The zero-order valence-electron chi connectivity index (χ0n) is 10.5. The Morgan fingerprint density at radius 3 is 2.84 bits per heavy atom. The van der Waals surface area contributed by atoms with Crippen molar-refractivity contribution in [3.63, 3.8) is 0 Å². The maximum absolute atomic E-state index is 14.0. The van der Waals surface area contributed by atoms with E-state index in [0.29, 0.717) is 34.5 Å². The van der Waals surface area contributed by atoms with E-state index in [0.717, 1.165) is 5.82 Å². The van der Waals surface area contributed by atoms with Gasteiger partial charge in [-0.1, -0.05) is 28.8 Å². The molecule has 98 valence electrons. The quantitative estimate of drug-likeness (QED) is 0.882. The second kappa shape index (κ2) is 5.45. The molecule has 0 aliphatic rings. The van der Waals surface area contributed by atoms with E-state index >= 15 is 0 Å². The average Bonchev–Trinajstić information content (AvgIpc) is 2.68. The number of halogens is 2. The van der Waals surface area contributed by atoms with Gasteiger partial charge < -0.3 is 10.3 Å². The molecule has 1 aromatic heterocycles. The Kier molecular flexibility index (Phi) is 3.91. The highest BCUT2D eigenvalue weighted by molar-refractivity contribution is 9.10. The van der Waals surface area contributed by atoms with Gasteiger partial charge in [-0.2, -0.15) is 0 Å². The minimum Gasteiger partial charge on any atom is -0.383 e. The van der Waals surface area contributed by atoms with Gasteiger partial charge >= 0.3 is 0 Å². The Balaban J connectivity index is 2.60. The van der Waals surface area contributed by atoms with Gasteiger partial charge in [0.2, 0.25) is 0 Å². The first-order valence-corrected chi connectivity index (χ1v) is 6.61. The van der Waals surface area contributed by atoms with Crippen LogP contribution in [0.25, 0.3) is 11.3 Å². The third-order valence-corrected chi connectivity index (χ3v) is 3.33. The molecule has 0 spiro atoms. The molecule has 3 nitrogen and oxygen atoms in total. The lowest BCUT2D eigenvalue weighted by molar-refractivity contribution is 0.630. The lowest BCUT2D eigenvalue weighted by Gasteiger charge is -2.05. The van der Waals surface area contributed by atoms with E-state index in [1.54, 1.807) is 16.7 Å². The monoisotopic (exact) mass is 321 g/mol. The first kappa shape index (κ1) is 13.6. The number of benzene rings is 1. The van der Waals surface area contributed by atoms with Crippen molar-refractivity contribution in [2.45, 2.75) is 19.9 Å². The number of aromatic nitrogens is 2. The molecular weight excluding hydrogens is 309 g/mol. The van der Waals surface area contributed by atoms with E-state index in [9.17, 15) is 4.39 Å². The average molecular weight is 322 g/mol. The van der Waals surface area contributed by atoms with Crippen LogP contribution in [0.5, 0.6) is 0 Å². The van der Waals surface area contributed by atoms with Crippen LogP contribution in [0, 0.1) is 18.2 Å². The fourth-order valence-corrected chi connectivity index (χ4v) is 2.26. The molecule has 1 heterocycles. The molecule has 2 aromatic rings. The van der Waals surface area contributed by atoms with Crippen LogP contribution in [0.1, 0.15) is 12.7 Å². The normalized spacial score (nSPS) is 10.4. The molecule has 2 rings (SSSR count). The number of nitrogens with two attached hydrogens (primary N) is 1. The summed E-state index contributed by atoms with van der Waals surface area (Å²) < 4.78 is 16.4. The molecule has 2 N–H and O–H groups in total. The smallest absolute Gasteiger partial charge is 0.133 e. The molecule has 0 aliphatic heterocycles. The van der Waals surface area contributed by atoms with Gasteiger partial charge in [0.15, 0.2) is 0 Å². The van der Waals surface area contributed by atoms with Crippen molar-refractivity contribution >= 4 is 21.7 Å². The van der Waals surface area contributed by atoms with Crippen LogP contribution in [-0.2, 0) is 13.0 Å². The summed E-state index contributed by atoms with van der Waals surface area (Å²) in [5.41, 5.74) is 6.85. The highest BCUT2D eigenvalue weighted by Gasteiger charge is 2.17. The van der Waals surface area contributed by atoms with E-state index in [1.165, 1.54) is 6.07 Å². The molecule has 0 atom stereocenters. The van der Waals surface area contributed by atoms with Crippen molar-refractivity contribution < 1.29 is 4.39 Å². The predicted octanol–water partition coefficient (Wildman–Crippen LogP) is 3.23. The van der Waals surface area contributed by atoms with Crippen molar-refractivity contribution in [3.05, 3.63) is 34.3 Å². The Labute approximate surface area is 119 Å². The Morgan fingerprint density at radius 2 is 2.26 bits per heavy atom. The standard InChI is InChI=1S/C14H13BrFN3/c1-3-7-19-12(4-2)18-13(14(19)17)10-6-5-9(15)8-11(10)16/h1,5-6,8H,4,7,17H2,2H3. The molecular formula is C14H13BrFN3. The summed E-state index contributed by atoms with van der Waals surface area (Å²) in [6, 6.07) is 4.79. The molecule has 0 fully saturated rings. The number of imidazole rings is 1. The number of hydrogen-bond donors (Lipinski definition) is 1. The molecule has 0 aliphatic carbocycles. The van der Waals surface area contributed by atoms with Gasteiger partial charge in [0.25, 0.3) is 0 Å². The van der Waals surface area contributed by atoms with Crippen LogP contribution in [0.3, 0.4) is 0 Å². The molecule has 0 amide bonds. The molecule has 0 radical (unpaired) electrons. The van der Waals surface area contributed by atoms with Crippen LogP contribution in [0.15, 0.2) is 22.7 Å². The van der Waals surface area contributed by atoms with Crippen molar-refractivity contribution in [3.8, 4) is 23.6 Å². The Morgan fingerprint density at radius 1 is 1.53 bits per heavy atom. The fourth-order valence-electron chi connectivity index (χ4n) is 1.93. The molecule has 5 heteroatoms. The van der Waals surface area contributed by atoms with E-state index in [1.807, 2.05) is 6.92 Å². The summed E-state index contributed by atoms with van der Waals surface area (Å²) in [5, 5.41) is 0. The second-order valence-corrected chi connectivity index (χ2v) is 4.95. The molecule has 0 saturated heterocycles. The highest BCUT2D eigenvalue weighted by atomic mass is 79.9. The van der Waals surface area contributed by atoms with Gasteiger partial charge in [0.05, 0.1) is 6.54 Å². The van der Waals surface area contributed by atoms with E-state index in [2.05, 4.69) is 26.8 Å². The molecule has 0 unspecified atom stereocenters. The van der Waals surface area contributed by atoms with E-state index in [-0.39, 0.29) is 5.82 Å². The van der Waals surface area contributed by atoms with Crippen LogP contribution in [-0.4, -0.2) is 9.55 Å². The zero-order chi connectivity index (χ0) is 14.0. The topological polar surface area (TPSA) is 43.8 Å². The van der Waals surface area contributed by atoms with Crippen LogP contribution >= 0.6 is 15.9 Å². The molecule has 0 saturated carbocycles. The van der Waals surface area contributed by atoms with E-state index < -0.39 is 0 Å². The summed E-state index contributed by atoms with van der Waals surface area (Å²) >= 11 is 3.22. The Hall–Kier alpha value is -1.80. The molecule has 1 aromatic carbocycles. The van der Waals surface area contributed by atoms with Crippen LogP contribution in [0.4, 0.5) is 10.2 Å². The first-order valence-electron chi connectivity index (χ1n) is 5.82. The second-order valence-electron chi connectivity index (χ2n) is 4.03. The summed E-state index contributed by atoms with van der Waals surface area (Å²) in [4.78, 5) is 4.39. The van der Waals surface area contributed by atoms with Crippen molar-refractivity contribution in [1.82, 2.24) is 9.55 Å². The molecule has 0 bridgehead atoms. The molecule has 19 heavy (non-hydrogen) atoms. The number of hydrogen-bond acceptors (Lipinski definition) is 2. The van der Waals surface area contributed by atoms with Crippen molar-refractivity contribution in [1.29, 1.82) is 0 Å². The minimum absolute atomic E-state index is 0.333. The number of nitrogens with zero attached hydrogens (tertiary/aromatic N) is 2. The summed E-state index contributed by atoms with van der Waals surface area (Å²) in [7, 11) is 0. The number of nitrogen functional groups attached to an aromatic ring is 1. The van der Waals surface area contributed by atoms with Crippen molar-refractivity contribution in [2.24, 2.45) is 0 Å². The van der Waals surface area contributed by atoms with Gasteiger partial charge in [-0.05, 0) is 18.2 Å². The maximum atomic E-state index is 14.0. The fraction of sp³-hybridized carbons (Fsp3) is 0.214. The zero-order valence-corrected chi connectivity index (χ0v) is 12.0. The predicted molar refractivity (Wildman–Crippen MR) is 77.9 cm³/mol. The summed E-state index contributed by atoms with van der Waals surface area (Å²) in [6.45, 7) is 2.29. The largest absolute Gasteiger partial charge is 0.383 e. The number of rotatable bonds is 3. The van der Waals surface area contributed by atoms with Crippen LogP contribution < -0.4 is 5.73 Å². The highest BCUT2D eigenvalue weighted by Crippen LogP contribution is 2.30. The minimum atomic E-state index is -0.367. The first-order chi connectivity index (χ1) is 9.08. The lowest BCUT2D eigenvalue weighted by atomic mass is 10.1. The summed E-state index contributed by atoms with van der Waals surface area (Å²) in [5.74, 6) is 3.32. The van der Waals surface area contributed by atoms with E-state index in [4.69, 9.17) is 12.2 Å². The number of aryl methyl sites for hydroxylation is 1. The Bertz CT molecular complexity index is 655. The maximum Gasteiger partial charge on any atom is 0.133 e. The summed E-state index contributed by atoms with van der Waals surface area (Å²) in [6.07, 6.45) is 6.00. The van der Waals surface area contributed by atoms with Gasteiger partial charge in [-0.25, -0.2) is 9.37 Å². The lowest BCUT2D eigenvalue weighted by Crippen LogP contribution is -2.05. The van der Waals surface area contributed by atoms with Crippen LogP contribution in [0.2, 0.25) is 0 Å². The third kappa shape index (κ3) is 2.49. The van der Waals surface area contributed by atoms with Gasteiger partial charge in [0.1, 0.15) is 23.2 Å². The number of anilines is 1. The van der Waals surface area contributed by atoms with Gasteiger partial charge in [0, 0.05) is 16.5 Å².